The standard InChI is InChI=1S/C9H5Br2ClS/c10-4-8-9(12)6-3-5(11)1-2-7(6)13-8/h1-3H,4H2. The summed E-state index contributed by atoms with van der Waals surface area (Å²) < 4.78 is 2.31. The Morgan fingerprint density at radius 3 is 2.85 bits per heavy atom. The van der Waals surface area contributed by atoms with Crippen LogP contribution >= 0.6 is 54.8 Å². The second-order valence-electron chi connectivity index (χ2n) is 2.61. The van der Waals surface area contributed by atoms with Crippen LogP contribution in [0, 0.1) is 0 Å². The first-order valence-electron chi connectivity index (χ1n) is 3.65. The molecule has 0 atom stereocenters. The fraction of sp³-hybridized carbons (Fsp3) is 0.111. The van der Waals surface area contributed by atoms with Crippen molar-refractivity contribution in [1.29, 1.82) is 0 Å². The minimum Gasteiger partial charge on any atom is -0.138 e. The van der Waals surface area contributed by atoms with Gasteiger partial charge in [-0.25, -0.2) is 0 Å². The van der Waals surface area contributed by atoms with Crippen molar-refractivity contribution in [2.24, 2.45) is 0 Å². The first-order valence-corrected chi connectivity index (χ1v) is 6.75. The van der Waals surface area contributed by atoms with Crippen LogP contribution in [0.15, 0.2) is 22.7 Å². The van der Waals surface area contributed by atoms with E-state index in [4.69, 9.17) is 11.6 Å². The number of fused-ring (bicyclic) bond motifs is 1. The molecule has 0 bridgehead atoms. The van der Waals surface area contributed by atoms with Gasteiger partial charge in [-0.3, -0.25) is 0 Å². The van der Waals surface area contributed by atoms with Gasteiger partial charge in [-0.2, -0.15) is 0 Å². The van der Waals surface area contributed by atoms with Gasteiger partial charge in [0, 0.05) is 24.8 Å². The molecule has 13 heavy (non-hydrogen) atoms. The number of thiophene rings is 1. The van der Waals surface area contributed by atoms with Crippen molar-refractivity contribution in [3.63, 3.8) is 0 Å². The Labute approximate surface area is 102 Å². The van der Waals surface area contributed by atoms with Crippen LogP contribution < -0.4 is 0 Å². The molecule has 68 valence electrons. The Hall–Kier alpha value is 0.430. The van der Waals surface area contributed by atoms with Crippen LogP contribution in [0.4, 0.5) is 0 Å². The molecule has 2 rings (SSSR count). The van der Waals surface area contributed by atoms with Gasteiger partial charge in [0.15, 0.2) is 0 Å². The molecule has 0 aliphatic carbocycles. The molecule has 1 heterocycles. The highest BCUT2D eigenvalue weighted by Gasteiger charge is 2.08. The second kappa shape index (κ2) is 3.89. The lowest BCUT2D eigenvalue weighted by molar-refractivity contribution is 1.59. The van der Waals surface area contributed by atoms with Gasteiger partial charge in [0.1, 0.15) is 0 Å². The number of hydrogen-bond donors (Lipinski definition) is 0. The molecule has 0 aliphatic heterocycles. The van der Waals surface area contributed by atoms with E-state index in [-0.39, 0.29) is 0 Å². The number of alkyl halides is 1. The van der Waals surface area contributed by atoms with Crippen molar-refractivity contribution in [3.8, 4) is 0 Å². The van der Waals surface area contributed by atoms with E-state index in [0.29, 0.717) is 0 Å². The highest BCUT2D eigenvalue weighted by atomic mass is 79.9. The van der Waals surface area contributed by atoms with Crippen molar-refractivity contribution in [2.45, 2.75) is 5.33 Å². The molecule has 2 aromatic rings. The largest absolute Gasteiger partial charge is 0.138 e. The van der Waals surface area contributed by atoms with Crippen LogP contribution in [0.3, 0.4) is 0 Å². The number of halogens is 3. The van der Waals surface area contributed by atoms with Crippen molar-refractivity contribution in [2.75, 3.05) is 0 Å². The van der Waals surface area contributed by atoms with Crippen molar-refractivity contribution >= 4 is 64.9 Å². The maximum Gasteiger partial charge on any atom is 0.0632 e. The molecule has 0 saturated heterocycles. The van der Waals surface area contributed by atoms with Crippen LogP contribution in [0.5, 0.6) is 0 Å². The number of rotatable bonds is 1. The predicted octanol–water partition coefficient (Wildman–Crippen LogP) is 5.21. The molecule has 4 heteroatoms. The average molecular weight is 340 g/mol. The summed E-state index contributed by atoms with van der Waals surface area (Å²) in [5, 5.41) is 2.83. The van der Waals surface area contributed by atoms with Crippen LogP contribution in [-0.2, 0) is 5.33 Å². The summed E-state index contributed by atoms with van der Waals surface area (Å²) in [6, 6.07) is 6.18. The zero-order valence-corrected chi connectivity index (χ0v) is 11.2. The van der Waals surface area contributed by atoms with Crippen LogP contribution in [-0.4, -0.2) is 0 Å². The third-order valence-corrected chi connectivity index (χ3v) is 4.92. The van der Waals surface area contributed by atoms with Crippen LogP contribution in [0.25, 0.3) is 10.1 Å². The summed E-state index contributed by atoms with van der Waals surface area (Å²) in [4.78, 5) is 1.19. The molecule has 0 saturated carbocycles. The fourth-order valence-electron chi connectivity index (χ4n) is 1.18. The average Bonchev–Trinajstić information content (AvgIpc) is 2.44. The lowest BCUT2D eigenvalue weighted by Gasteiger charge is -1.91. The maximum atomic E-state index is 6.19. The number of hydrogen-bond acceptors (Lipinski definition) is 1. The van der Waals surface area contributed by atoms with Gasteiger partial charge in [0.25, 0.3) is 0 Å². The van der Waals surface area contributed by atoms with E-state index in [1.165, 1.54) is 9.58 Å². The molecule has 0 amide bonds. The Bertz CT molecular complexity index is 450. The summed E-state index contributed by atoms with van der Waals surface area (Å²) in [7, 11) is 0. The normalized spacial score (nSPS) is 11.0. The maximum absolute atomic E-state index is 6.19. The van der Waals surface area contributed by atoms with E-state index in [9.17, 15) is 0 Å². The molecule has 0 nitrogen and oxygen atoms in total. The third kappa shape index (κ3) is 1.80. The molecule has 0 spiro atoms. The van der Waals surface area contributed by atoms with Gasteiger partial charge in [-0.1, -0.05) is 43.5 Å². The third-order valence-electron chi connectivity index (χ3n) is 1.78. The Morgan fingerprint density at radius 1 is 1.38 bits per heavy atom. The summed E-state index contributed by atoms with van der Waals surface area (Å²) in [6.45, 7) is 0. The van der Waals surface area contributed by atoms with Gasteiger partial charge < -0.3 is 0 Å². The molecule has 0 fully saturated rings. The smallest absolute Gasteiger partial charge is 0.0632 e. The van der Waals surface area contributed by atoms with E-state index in [1.54, 1.807) is 11.3 Å². The first-order chi connectivity index (χ1) is 6.22. The van der Waals surface area contributed by atoms with E-state index >= 15 is 0 Å². The van der Waals surface area contributed by atoms with E-state index < -0.39 is 0 Å². The first kappa shape index (κ1) is 9.97. The SMILES string of the molecule is Clc1c(CBr)sc2ccc(Br)cc12. The Balaban J connectivity index is 2.77. The van der Waals surface area contributed by atoms with Gasteiger partial charge in [-0.15, -0.1) is 11.3 Å². The number of benzene rings is 1. The molecule has 0 aliphatic rings. The van der Waals surface area contributed by atoms with Crippen molar-refractivity contribution in [3.05, 3.63) is 32.6 Å². The van der Waals surface area contributed by atoms with Gasteiger partial charge in [0.2, 0.25) is 0 Å². The molecular weight excluding hydrogens is 335 g/mol. The van der Waals surface area contributed by atoms with Crippen molar-refractivity contribution < 1.29 is 0 Å². The van der Waals surface area contributed by atoms with Crippen molar-refractivity contribution in [1.82, 2.24) is 0 Å². The van der Waals surface area contributed by atoms with E-state index in [1.807, 2.05) is 6.07 Å². The van der Waals surface area contributed by atoms with E-state index in [0.717, 1.165) is 20.2 Å². The van der Waals surface area contributed by atoms with Gasteiger partial charge in [0.05, 0.1) is 5.02 Å². The topological polar surface area (TPSA) is 0 Å². The van der Waals surface area contributed by atoms with Crippen LogP contribution in [0.1, 0.15) is 4.88 Å². The highest BCUT2D eigenvalue weighted by molar-refractivity contribution is 9.10. The summed E-state index contributed by atoms with van der Waals surface area (Å²) in [5.74, 6) is 0. The Kier molecular flexibility index (Phi) is 2.98. The zero-order chi connectivity index (χ0) is 9.42. The second-order valence-corrected chi connectivity index (χ2v) is 5.60. The molecule has 0 unspecified atom stereocenters. The van der Waals surface area contributed by atoms with Crippen LogP contribution in [0.2, 0.25) is 5.02 Å². The van der Waals surface area contributed by atoms with Gasteiger partial charge in [-0.05, 0) is 18.2 Å². The summed E-state index contributed by atoms with van der Waals surface area (Å²) in [6.07, 6.45) is 0. The van der Waals surface area contributed by atoms with E-state index in [2.05, 4.69) is 44.0 Å². The molecule has 0 N–H and O–H groups in total. The lowest BCUT2D eigenvalue weighted by Crippen LogP contribution is -1.68. The van der Waals surface area contributed by atoms with Gasteiger partial charge >= 0.3 is 0 Å². The molecular formula is C9H5Br2ClS. The fourth-order valence-corrected chi connectivity index (χ4v) is 3.64. The quantitative estimate of drug-likeness (QED) is 0.625. The molecule has 1 aromatic heterocycles. The predicted molar refractivity (Wildman–Crippen MR) is 67.2 cm³/mol. The minimum atomic E-state index is 0.822. The molecule has 0 radical (unpaired) electrons. The molecule has 1 aromatic carbocycles. The highest BCUT2D eigenvalue weighted by Crippen LogP contribution is 2.37. The summed E-state index contributed by atoms with van der Waals surface area (Å²) >= 11 is 14.8. The monoisotopic (exact) mass is 338 g/mol. The lowest BCUT2D eigenvalue weighted by atomic mass is 10.2. The Morgan fingerprint density at radius 2 is 2.15 bits per heavy atom. The summed E-state index contributed by atoms with van der Waals surface area (Å²) in [5.41, 5.74) is 0. The zero-order valence-electron chi connectivity index (χ0n) is 6.48. The minimum absolute atomic E-state index is 0.822.